The second-order valence-corrected chi connectivity index (χ2v) is 9.20. The predicted octanol–water partition coefficient (Wildman–Crippen LogP) is 3.32. The van der Waals surface area contributed by atoms with Gasteiger partial charge in [-0.2, -0.15) is 4.31 Å². The molecule has 156 valence electrons. The zero-order valence-corrected chi connectivity index (χ0v) is 18.0. The maximum absolute atomic E-state index is 12.8. The van der Waals surface area contributed by atoms with Gasteiger partial charge in [0.15, 0.2) is 5.82 Å². The molecule has 0 N–H and O–H groups in total. The minimum Gasteiger partial charge on any atom is -0.496 e. The molecule has 1 aliphatic heterocycles. The fraction of sp³-hybridized carbons (Fsp3) is 0.238. The Labute approximate surface area is 180 Å². The van der Waals surface area contributed by atoms with Crippen LogP contribution < -0.4 is 9.64 Å². The summed E-state index contributed by atoms with van der Waals surface area (Å²) in [5.41, 5.74) is 1.60. The highest BCUT2D eigenvalue weighted by atomic mass is 35.5. The lowest BCUT2D eigenvalue weighted by molar-refractivity contribution is 0.383. The molecule has 1 aromatic heterocycles. The Morgan fingerprint density at radius 3 is 2.23 bits per heavy atom. The summed E-state index contributed by atoms with van der Waals surface area (Å²) in [6.07, 6.45) is 0. The molecule has 0 radical (unpaired) electrons. The lowest BCUT2D eigenvalue weighted by atomic mass is 10.1. The minimum absolute atomic E-state index is 0.251. The fourth-order valence-electron chi connectivity index (χ4n) is 3.41. The van der Waals surface area contributed by atoms with Crippen molar-refractivity contribution in [1.29, 1.82) is 0 Å². The summed E-state index contributed by atoms with van der Waals surface area (Å²) in [5, 5.41) is 9.20. The third-order valence-electron chi connectivity index (χ3n) is 5.05. The quantitative estimate of drug-likeness (QED) is 0.601. The highest BCUT2D eigenvalue weighted by Crippen LogP contribution is 2.28. The number of anilines is 1. The SMILES string of the molecule is COc1ccccc1-c1ccc(N2CCN(S(=O)(=O)c3ccc(Cl)cc3)CC2)nn1. The number of aromatic nitrogens is 2. The minimum atomic E-state index is -3.54. The van der Waals surface area contributed by atoms with E-state index in [2.05, 4.69) is 10.2 Å². The molecule has 7 nitrogen and oxygen atoms in total. The number of hydrogen-bond acceptors (Lipinski definition) is 6. The van der Waals surface area contributed by atoms with E-state index >= 15 is 0 Å². The topological polar surface area (TPSA) is 75.6 Å². The molecule has 2 heterocycles. The molecule has 0 unspecified atom stereocenters. The van der Waals surface area contributed by atoms with Gasteiger partial charge in [-0.15, -0.1) is 10.2 Å². The van der Waals surface area contributed by atoms with E-state index in [1.165, 1.54) is 16.4 Å². The largest absolute Gasteiger partial charge is 0.496 e. The summed E-state index contributed by atoms with van der Waals surface area (Å²) < 4.78 is 32.5. The summed E-state index contributed by atoms with van der Waals surface area (Å²) in [5.74, 6) is 1.46. The van der Waals surface area contributed by atoms with Crippen molar-refractivity contribution in [3.05, 3.63) is 65.7 Å². The van der Waals surface area contributed by atoms with Gasteiger partial charge in [-0.1, -0.05) is 23.7 Å². The van der Waals surface area contributed by atoms with Gasteiger partial charge in [0.25, 0.3) is 0 Å². The smallest absolute Gasteiger partial charge is 0.243 e. The first-order valence-electron chi connectivity index (χ1n) is 9.47. The Balaban J connectivity index is 1.45. The van der Waals surface area contributed by atoms with Gasteiger partial charge in [0, 0.05) is 36.8 Å². The molecule has 1 aliphatic rings. The number of sulfonamides is 1. The molecule has 9 heteroatoms. The second kappa shape index (κ2) is 8.59. The van der Waals surface area contributed by atoms with Gasteiger partial charge in [0.05, 0.1) is 17.7 Å². The first kappa shape index (κ1) is 20.6. The van der Waals surface area contributed by atoms with Crippen molar-refractivity contribution >= 4 is 27.4 Å². The van der Waals surface area contributed by atoms with Crippen LogP contribution in [-0.2, 0) is 10.0 Å². The Morgan fingerprint density at radius 1 is 0.900 bits per heavy atom. The van der Waals surface area contributed by atoms with Crippen molar-refractivity contribution < 1.29 is 13.2 Å². The number of piperazine rings is 1. The number of para-hydroxylation sites is 1. The van der Waals surface area contributed by atoms with Crippen LogP contribution in [0.4, 0.5) is 5.82 Å². The first-order valence-corrected chi connectivity index (χ1v) is 11.3. The van der Waals surface area contributed by atoms with Crippen molar-refractivity contribution in [3.63, 3.8) is 0 Å². The molecule has 3 aromatic rings. The lowest BCUT2D eigenvalue weighted by Crippen LogP contribution is -2.48. The molecule has 0 amide bonds. The monoisotopic (exact) mass is 444 g/mol. The zero-order chi connectivity index (χ0) is 21.1. The van der Waals surface area contributed by atoms with Gasteiger partial charge in [-0.25, -0.2) is 8.42 Å². The van der Waals surface area contributed by atoms with E-state index in [0.29, 0.717) is 31.2 Å². The molecule has 1 saturated heterocycles. The average molecular weight is 445 g/mol. The van der Waals surface area contributed by atoms with Gasteiger partial charge in [0.2, 0.25) is 10.0 Å². The molecule has 1 fully saturated rings. The van der Waals surface area contributed by atoms with Crippen LogP contribution >= 0.6 is 11.6 Å². The molecule has 30 heavy (non-hydrogen) atoms. The summed E-state index contributed by atoms with van der Waals surface area (Å²) in [4.78, 5) is 2.29. The van der Waals surface area contributed by atoms with Crippen molar-refractivity contribution in [2.45, 2.75) is 4.90 Å². The van der Waals surface area contributed by atoms with Crippen molar-refractivity contribution in [3.8, 4) is 17.0 Å². The van der Waals surface area contributed by atoms with Crippen molar-refractivity contribution in [1.82, 2.24) is 14.5 Å². The molecule has 0 aliphatic carbocycles. The summed E-state index contributed by atoms with van der Waals surface area (Å²) in [6, 6.07) is 17.7. The zero-order valence-electron chi connectivity index (χ0n) is 16.4. The standard InChI is InChI=1S/C21H21ClN4O3S/c1-29-20-5-3-2-4-18(20)19-10-11-21(24-23-19)25-12-14-26(15-13-25)30(27,28)17-8-6-16(22)7-9-17/h2-11H,12-15H2,1H3. The third-order valence-corrected chi connectivity index (χ3v) is 7.21. The molecule has 0 saturated carbocycles. The maximum atomic E-state index is 12.8. The molecule has 0 spiro atoms. The van der Waals surface area contributed by atoms with E-state index in [4.69, 9.17) is 16.3 Å². The van der Waals surface area contributed by atoms with Gasteiger partial charge < -0.3 is 9.64 Å². The second-order valence-electron chi connectivity index (χ2n) is 6.82. The number of hydrogen-bond donors (Lipinski definition) is 0. The molecule has 0 atom stereocenters. The van der Waals surface area contributed by atoms with Gasteiger partial charge in [-0.05, 0) is 48.5 Å². The highest BCUT2D eigenvalue weighted by molar-refractivity contribution is 7.89. The van der Waals surface area contributed by atoms with Gasteiger partial charge >= 0.3 is 0 Å². The number of nitrogens with zero attached hydrogens (tertiary/aromatic N) is 4. The predicted molar refractivity (Wildman–Crippen MR) is 116 cm³/mol. The van der Waals surface area contributed by atoms with Crippen LogP contribution in [-0.4, -0.2) is 56.2 Å². The van der Waals surface area contributed by atoms with Gasteiger partial charge in [0.1, 0.15) is 5.75 Å². The molecule has 0 bridgehead atoms. The van der Waals surface area contributed by atoms with Crippen LogP contribution in [0.3, 0.4) is 0 Å². The normalized spacial score (nSPS) is 15.2. The molecular weight excluding hydrogens is 424 g/mol. The van der Waals surface area contributed by atoms with Crippen LogP contribution in [0.15, 0.2) is 65.6 Å². The van der Waals surface area contributed by atoms with E-state index in [0.717, 1.165) is 22.8 Å². The van der Waals surface area contributed by atoms with E-state index in [-0.39, 0.29) is 4.90 Å². The van der Waals surface area contributed by atoms with Crippen molar-refractivity contribution in [2.24, 2.45) is 0 Å². The van der Waals surface area contributed by atoms with E-state index in [9.17, 15) is 8.42 Å². The highest BCUT2D eigenvalue weighted by Gasteiger charge is 2.29. The van der Waals surface area contributed by atoms with E-state index < -0.39 is 10.0 Å². The Hall–Kier alpha value is -2.68. The van der Waals surface area contributed by atoms with E-state index in [1.807, 2.05) is 41.3 Å². The fourth-order valence-corrected chi connectivity index (χ4v) is 4.96. The number of rotatable bonds is 5. The molecular formula is C21H21ClN4O3S. The first-order chi connectivity index (χ1) is 14.5. The Kier molecular flexibility index (Phi) is 5.90. The Bertz CT molecular complexity index is 1110. The Morgan fingerprint density at radius 2 is 1.60 bits per heavy atom. The van der Waals surface area contributed by atoms with Crippen LogP contribution in [0.2, 0.25) is 5.02 Å². The van der Waals surface area contributed by atoms with Crippen LogP contribution in [0.5, 0.6) is 5.75 Å². The number of benzene rings is 2. The van der Waals surface area contributed by atoms with Crippen LogP contribution in [0, 0.1) is 0 Å². The average Bonchev–Trinajstić information content (AvgIpc) is 2.79. The third kappa shape index (κ3) is 4.12. The van der Waals surface area contributed by atoms with Gasteiger partial charge in [-0.3, -0.25) is 0 Å². The number of ether oxygens (including phenoxy) is 1. The number of methoxy groups -OCH3 is 1. The van der Waals surface area contributed by atoms with Crippen molar-refractivity contribution in [2.75, 3.05) is 38.2 Å². The van der Waals surface area contributed by atoms with Crippen LogP contribution in [0.25, 0.3) is 11.3 Å². The molecule has 4 rings (SSSR count). The summed E-state index contributed by atoms with van der Waals surface area (Å²) in [7, 11) is -1.91. The molecule has 2 aromatic carbocycles. The summed E-state index contributed by atoms with van der Waals surface area (Å²) >= 11 is 5.87. The summed E-state index contributed by atoms with van der Waals surface area (Å²) in [6.45, 7) is 1.83. The maximum Gasteiger partial charge on any atom is 0.243 e. The van der Waals surface area contributed by atoms with E-state index in [1.54, 1.807) is 19.2 Å². The number of halogens is 1. The van der Waals surface area contributed by atoms with Crippen LogP contribution in [0.1, 0.15) is 0 Å². The lowest BCUT2D eigenvalue weighted by Gasteiger charge is -2.34.